The molecule has 2 aromatic heterocycles. The zero-order valence-electron chi connectivity index (χ0n) is 17.9. The van der Waals surface area contributed by atoms with E-state index in [1.54, 1.807) is 29.2 Å². The molecule has 0 saturated carbocycles. The summed E-state index contributed by atoms with van der Waals surface area (Å²) in [5.74, 6) is 0.612. The van der Waals surface area contributed by atoms with Crippen LogP contribution in [-0.2, 0) is 13.2 Å². The van der Waals surface area contributed by atoms with Crippen LogP contribution in [0.4, 0.5) is 5.69 Å². The number of nitrogens with one attached hydrogen (secondary N) is 1. The Balaban J connectivity index is 1.18. The van der Waals surface area contributed by atoms with Gasteiger partial charge in [0.2, 0.25) is 0 Å². The van der Waals surface area contributed by atoms with E-state index >= 15 is 0 Å². The van der Waals surface area contributed by atoms with Crippen LogP contribution in [0.3, 0.4) is 0 Å². The Morgan fingerprint density at radius 3 is 2.68 bits per heavy atom. The van der Waals surface area contributed by atoms with Crippen molar-refractivity contribution in [2.24, 2.45) is 0 Å². The number of aromatic nitrogens is 2. The third-order valence-electron chi connectivity index (χ3n) is 5.22. The summed E-state index contributed by atoms with van der Waals surface area (Å²) in [5.41, 5.74) is 2.52. The molecule has 0 spiro atoms. The van der Waals surface area contributed by atoms with Gasteiger partial charge in [0.15, 0.2) is 0 Å². The number of carbonyl (C=O) groups excluding carboxylic acids is 1. The molecule has 2 heterocycles. The first kappa shape index (κ1) is 22.5. The monoisotopic (exact) mass is 507 g/mol. The lowest BCUT2D eigenvalue weighted by Gasteiger charge is -2.06. The van der Waals surface area contributed by atoms with Crippen LogP contribution in [0, 0.1) is 0 Å². The van der Waals surface area contributed by atoms with Crippen LogP contribution >= 0.6 is 34.5 Å². The van der Waals surface area contributed by atoms with Gasteiger partial charge < -0.3 is 10.1 Å². The molecule has 1 amide bonds. The number of hydrogen-bond acceptors (Lipinski definition) is 4. The third-order valence-corrected chi connectivity index (χ3v) is 6.94. The van der Waals surface area contributed by atoms with E-state index in [1.165, 1.54) is 16.7 Å². The van der Waals surface area contributed by atoms with Crippen molar-refractivity contribution in [1.82, 2.24) is 9.78 Å². The van der Waals surface area contributed by atoms with Crippen LogP contribution in [0.15, 0.2) is 84.5 Å². The minimum absolute atomic E-state index is 0.184. The van der Waals surface area contributed by atoms with E-state index in [2.05, 4.69) is 22.5 Å². The fourth-order valence-corrected chi connectivity index (χ4v) is 4.64. The highest BCUT2D eigenvalue weighted by molar-refractivity contribution is 7.12. The van der Waals surface area contributed by atoms with Gasteiger partial charge in [-0.15, -0.1) is 11.3 Å². The lowest BCUT2D eigenvalue weighted by atomic mass is 10.1. The molecular formula is C26H19Cl2N3O2S. The molecule has 0 aliphatic rings. The number of hydrogen-bond donors (Lipinski definition) is 1. The Hall–Kier alpha value is -3.32. The first-order valence-corrected chi connectivity index (χ1v) is 12.1. The molecule has 0 fully saturated rings. The lowest BCUT2D eigenvalue weighted by molar-refractivity contribution is 0.103. The number of benzene rings is 3. The van der Waals surface area contributed by atoms with Crippen molar-refractivity contribution in [2.45, 2.75) is 13.2 Å². The van der Waals surface area contributed by atoms with Gasteiger partial charge in [0, 0.05) is 11.8 Å². The van der Waals surface area contributed by atoms with Crippen molar-refractivity contribution in [1.29, 1.82) is 0 Å². The van der Waals surface area contributed by atoms with Crippen molar-refractivity contribution in [3.05, 3.63) is 111 Å². The van der Waals surface area contributed by atoms with E-state index in [4.69, 9.17) is 27.9 Å². The average Bonchev–Trinajstić information content (AvgIpc) is 3.50. The summed E-state index contributed by atoms with van der Waals surface area (Å²) in [6.07, 6.45) is 3.39. The minimum Gasteiger partial charge on any atom is -0.489 e. The van der Waals surface area contributed by atoms with Crippen LogP contribution in [0.1, 0.15) is 20.8 Å². The van der Waals surface area contributed by atoms with E-state index in [0.717, 1.165) is 22.3 Å². The molecule has 5 rings (SSSR count). The minimum atomic E-state index is -0.184. The van der Waals surface area contributed by atoms with Gasteiger partial charge in [-0.2, -0.15) is 5.10 Å². The molecule has 0 aliphatic carbocycles. The fourth-order valence-electron chi connectivity index (χ4n) is 3.53. The van der Waals surface area contributed by atoms with Crippen LogP contribution in [-0.4, -0.2) is 15.7 Å². The molecule has 5 aromatic rings. The van der Waals surface area contributed by atoms with Gasteiger partial charge in [-0.25, -0.2) is 0 Å². The Labute approximate surface area is 210 Å². The Kier molecular flexibility index (Phi) is 6.54. The summed E-state index contributed by atoms with van der Waals surface area (Å²) >= 11 is 13.4. The molecule has 0 saturated heterocycles. The standard InChI is InChI=1S/C26H19Cl2N3O2S/c27-23-8-5-17(9-24(23)28)13-31-14-21(12-29-31)30-26(32)25-10-18(16-34-25)15-33-22-7-6-19-3-1-2-4-20(19)11-22/h1-12,14,16H,13,15H2,(H,30,32). The first-order valence-electron chi connectivity index (χ1n) is 10.5. The number of halogens is 2. The van der Waals surface area contributed by atoms with Crippen LogP contribution < -0.4 is 10.1 Å². The van der Waals surface area contributed by atoms with E-state index in [1.807, 2.05) is 47.8 Å². The summed E-state index contributed by atoms with van der Waals surface area (Å²) in [4.78, 5) is 13.3. The van der Waals surface area contributed by atoms with Gasteiger partial charge >= 0.3 is 0 Å². The van der Waals surface area contributed by atoms with Gasteiger partial charge in [0.1, 0.15) is 12.4 Å². The number of nitrogens with zero attached hydrogens (tertiary/aromatic N) is 2. The number of rotatable bonds is 7. The smallest absolute Gasteiger partial charge is 0.265 e. The van der Waals surface area contributed by atoms with Crippen molar-refractivity contribution in [3.8, 4) is 5.75 Å². The predicted octanol–water partition coefficient (Wildman–Crippen LogP) is 7.28. The summed E-state index contributed by atoms with van der Waals surface area (Å²) < 4.78 is 7.66. The maximum absolute atomic E-state index is 12.7. The quantitative estimate of drug-likeness (QED) is 0.251. The Bertz CT molecular complexity index is 1480. The lowest BCUT2D eigenvalue weighted by Crippen LogP contribution is -2.09. The third kappa shape index (κ3) is 5.25. The number of fused-ring (bicyclic) bond motifs is 1. The molecule has 0 radical (unpaired) electrons. The molecule has 0 bridgehead atoms. The molecular weight excluding hydrogens is 489 g/mol. The van der Waals surface area contributed by atoms with Gasteiger partial charge in [-0.05, 0) is 52.0 Å². The van der Waals surface area contributed by atoms with E-state index in [0.29, 0.717) is 33.8 Å². The fraction of sp³-hybridized carbons (Fsp3) is 0.0769. The molecule has 170 valence electrons. The van der Waals surface area contributed by atoms with E-state index in [-0.39, 0.29) is 5.91 Å². The van der Waals surface area contributed by atoms with Crippen molar-refractivity contribution in [2.75, 3.05) is 5.32 Å². The van der Waals surface area contributed by atoms with Crippen molar-refractivity contribution >= 4 is 56.9 Å². The molecule has 0 aliphatic heterocycles. The topological polar surface area (TPSA) is 56.2 Å². The summed E-state index contributed by atoms with van der Waals surface area (Å²) in [7, 11) is 0. The van der Waals surface area contributed by atoms with Gasteiger partial charge in [-0.3, -0.25) is 9.48 Å². The molecule has 0 unspecified atom stereocenters. The van der Waals surface area contributed by atoms with Gasteiger partial charge in [-0.1, -0.05) is 59.6 Å². The van der Waals surface area contributed by atoms with Crippen LogP contribution in [0.5, 0.6) is 5.75 Å². The maximum atomic E-state index is 12.7. The normalized spacial score (nSPS) is 11.0. The SMILES string of the molecule is O=C(Nc1cnn(Cc2ccc(Cl)c(Cl)c2)c1)c1cc(COc2ccc3ccccc3c2)cs1. The average molecular weight is 508 g/mol. The number of ether oxygens (including phenoxy) is 1. The summed E-state index contributed by atoms with van der Waals surface area (Å²) in [6, 6.07) is 21.5. The van der Waals surface area contributed by atoms with Gasteiger partial charge in [0.25, 0.3) is 5.91 Å². The number of anilines is 1. The highest BCUT2D eigenvalue weighted by Gasteiger charge is 2.12. The summed E-state index contributed by atoms with van der Waals surface area (Å²) in [5, 5.41) is 12.4. The number of carbonyl (C=O) groups is 1. The largest absolute Gasteiger partial charge is 0.489 e. The molecule has 5 nitrogen and oxygen atoms in total. The molecule has 34 heavy (non-hydrogen) atoms. The Morgan fingerprint density at radius 1 is 0.971 bits per heavy atom. The molecule has 3 aromatic carbocycles. The maximum Gasteiger partial charge on any atom is 0.265 e. The second-order valence-electron chi connectivity index (χ2n) is 7.75. The molecule has 8 heteroatoms. The molecule has 1 N–H and O–H groups in total. The van der Waals surface area contributed by atoms with Crippen LogP contribution in [0.2, 0.25) is 10.0 Å². The van der Waals surface area contributed by atoms with E-state index < -0.39 is 0 Å². The first-order chi connectivity index (χ1) is 16.5. The Morgan fingerprint density at radius 2 is 1.82 bits per heavy atom. The predicted molar refractivity (Wildman–Crippen MR) is 138 cm³/mol. The highest BCUT2D eigenvalue weighted by atomic mass is 35.5. The second kappa shape index (κ2) is 9.89. The highest BCUT2D eigenvalue weighted by Crippen LogP contribution is 2.24. The molecule has 0 atom stereocenters. The van der Waals surface area contributed by atoms with Gasteiger partial charge in [0.05, 0.1) is 33.4 Å². The second-order valence-corrected chi connectivity index (χ2v) is 9.47. The number of amides is 1. The number of thiophene rings is 1. The van der Waals surface area contributed by atoms with E-state index in [9.17, 15) is 4.79 Å². The van der Waals surface area contributed by atoms with Crippen LogP contribution in [0.25, 0.3) is 10.8 Å². The van der Waals surface area contributed by atoms with Crippen molar-refractivity contribution < 1.29 is 9.53 Å². The summed E-state index contributed by atoms with van der Waals surface area (Å²) in [6.45, 7) is 0.908. The van der Waals surface area contributed by atoms with Crippen molar-refractivity contribution in [3.63, 3.8) is 0 Å². The zero-order chi connectivity index (χ0) is 23.5. The zero-order valence-corrected chi connectivity index (χ0v) is 20.2.